The molecular formula is C14H18. The van der Waals surface area contributed by atoms with Crippen molar-refractivity contribution >= 4 is 0 Å². The van der Waals surface area contributed by atoms with Crippen molar-refractivity contribution in [1.82, 2.24) is 0 Å². The topological polar surface area (TPSA) is 0 Å². The van der Waals surface area contributed by atoms with Crippen LogP contribution in [0.1, 0.15) is 44.7 Å². The Hall–Kier alpha value is -1.22. The van der Waals surface area contributed by atoms with Gasteiger partial charge in [-0.3, -0.25) is 0 Å². The first-order valence-corrected chi connectivity index (χ1v) is 5.01. The van der Waals surface area contributed by atoms with Crippen molar-refractivity contribution in [3.63, 3.8) is 0 Å². The molecule has 0 aliphatic rings. The van der Waals surface area contributed by atoms with Gasteiger partial charge in [0.15, 0.2) is 0 Å². The van der Waals surface area contributed by atoms with E-state index >= 15 is 0 Å². The van der Waals surface area contributed by atoms with Crippen LogP contribution in [0.3, 0.4) is 0 Å². The van der Waals surface area contributed by atoms with Crippen LogP contribution in [0.25, 0.3) is 0 Å². The number of benzene rings is 1. The minimum atomic E-state index is 0.212. The molecule has 1 atom stereocenters. The maximum Gasteiger partial charge on any atom is 0.0421 e. The number of hydrogen-bond acceptors (Lipinski definition) is 0. The average molecular weight is 186 g/mol. The molecule has 0 N–H and O–H groups in total. The normalized spacial score (nSPS) is 13.4. The van der Waals surface area contributed by atoms with E-state index in [1.165, 1.54) is 11.1 Å². The van der Waals surface area contributed by atoms with Gasteiger partial charge in [-0.1, -0.05) is 51.0 Å². The standard InChI is InChI=1S/C14H18/c1-6-11(2)12-7-9-13(10-8-12)14(3,4)5/h1,7-11H,2-5H3. The first-order chi connectivity index (χ1) is 6.45. The van der Waals surface area contributed by atoms with E-state index in [9.17, 15) is 0 Å². The minimum absolute atomic E-state index is 0.212. The lowest BCUT2D eigenvalue weighted by Crippen LogP contribution is -2.10. The number of rotatable bonds is 1. The van der Waals surface area contributed by atoms with Crippen molar-refractivity contribution in [1.29, 1.82) is 0 Å². The molecule has 0 spiro atoms. The molecular weight excluding hydrogens is 168 g/mol. The van der Waals surface area contributed by atoms with Gasteiger partial charge in [-0.05, 0) is 23.5 Å². The molecule has 0 aromatic heterocycles. The molecule has 1 aromatic carbocycles. The maximum absolute atomic E-state index is 5.38. The largest absolute Gasteiger partial charge is 0.119 e. The predicted octanol–water partition coefficient (Wildman–Crippen LogP) is 3.72. The van der Waals surface area contributed by atoms with Crippen molar-refractivity contribution in [3.05, 3.63) is 35.4 Å². The van der Waals surface area contributed by atoms with E-state index < -0.39 is 0 Å². The second-order valence-electron chi connectivity index (χ2n) is 4.76. The molecule has 0 aliphatic carbocycles. The monoisotopic (exact) mass is 186 g/mol. The Bertz CT molecular complexity index is 330. The lowest BCUT2D eigenvalue weighted by molar-refractivity contribution is 0.590. The van der Waals surface area contributed by atoms with Crippen LogP contribution >= 0.6 is 0 Å². The third kappa shape index (κ3) is 2.39. The summed E-state index contributed by atoms with van der Waals surface area (Å²) >= 11 is 0. The lowest BCUT2D eigenvalue weighted by atomic mass is 9.86. The van der Waals surface area contributed by atoms with E-state index in [2.05, 4.69) is 51.0 Å². The summed E-state index contributed by atoms with van der Waals surface area (Å²) in [7, 11) is 0. The van der Waals surface area contributed by atoms with Crippen LogP contribution in [0.5, 0.6) is 0 Å². The molecule has 1 aromatic rings. The summed E-state index contributed by atoms with van der Waals surface area (Å²) < 4.78 is 0. The Balaban J connectivity index is 2.96. The fraction of sp³-hybridized carbons (Fsp3) is 0.429. The summed E-state index contributed by atoms with van der Waals surface area (Å²) in [6.07, 6.45) is 5.38. The van der Waals surface area contributed by atoms with Crippen LogP contribution in [0.4, 0.5) is 0 Å². The van der Waals surface area contributed by atoms with Gasteiger partial charge in [-0.2, -0.15) is 0 Å². The van der Waals surface area contributed by atoms with E-state index in [-0.39, 0.29) is 11.3 Å². The minimum Gasteiger partial charge on any atom is -0.119 e. The SMILES string of the molecule is C#CC(C)c1ccc(C(C)(C)C)cc1. The summed E-state index contributed by atoms with van der Waals surface area (Å²) in [5.74, 6) is 2.95. The molecule has 0 saturated carbocycles. The molecule has 74 valence electrons. The van der Waals surface area contributed by atoms with Gasteiger partial charge >= 0.3 is 0 Å². The van der Waals surface area contributed by atoms with Gasteiger partial charge in [0.1, 0.15) is 0 Å². The zero-order chi connectivity index (χ0) is 10.8. The molecule has 0 heterocycles. The Morgan fingerprint density at radius 1 is 1.14 bits per heavy atom. The molecule has 14 heavy (non-hydrogen) atoms. The third-order valence-electron chi connectivity index (χ3n) is 2.53. The van der Waals surface area contributed by atoms with E-state index in [0.29, 0.717) is 0 Å². The van der Waals surface area contributed by atoms with E-state index in [4.69, 9.17) is 6.42 Å². The number of hydrogen-bond donors (Lipinski definition) is 0. The van der Waals surface area contributed by atoms with E-state index in [0.717, 1.165) is 0 Å². The number of terminal acetylenes is 1. The zero-order valence-corrected chi connectivity index (χ0v) is 9.46. The smallest absolute Gasteiger partial charge is 0.0421 e. The molecule has 0 radical (unpaired) electrons. The van der Waals surface area contributed by atoms with Gasteiger partial charge in [-0.15, -0.1) is 6.42 Å². The fourth-order valence-corrected chi connectivity index (χ4v) is 1.37. The Morgan fingerprint density at radius 3 is 2.00 bits per heavy atom. The van der Waals surface area contributed by atoms with Crippen molar-refractivity contribution in [2.45, 2.75) is 39.0 Å². The summed E-state index contributed by atoms with van der Waals surface area (Å²) in [6, 6.07) is 8.60. The van der Waals surface area contributed by atoms with Crippen molar-refractivity contribution in [3.8, 4) is 12.3 Å². The molecule has 0 saturated heterocycles. The highest BCUT2D eigenvalue weighted by Crippen LogP contribution is 2.24. The molecule has 0 amide bonds. The zero-order valence-electron chi connectivity index (χ0n) is 9.46. The average Bonchev–Trinajstić information content (AvgIpc) is 2.15. The summed E-state index contributed by atoms with van der Waals surface area (Å²) in [6.45, 7) is 8.69. The van der Waals surface area contributed by atoms with Gasteiger partial charge in [0, 0.05) is 5.92 Å². The quantitative estimate of drug-likeness (QED) is 0.586. The maximum atomic E-state index is 5.38. The molecule has 1 unspecified atom stereocenters. The lowest BCUT2D eigenvalue weighted by Gasteiger charge is -2.19. The molecule has 0 aliphatic heterocycles. The molecule has 0 nitrogen and oxygen atoms in total. The Kier molecular flexibility index (Phi) is 3.01. The van der Waals surface area contributed by atoms with Gasteiger partial charge in [0.25, 0.3) is 0 Å². The van der Waals surface area contributed by atoms with Gasteiger partial charge in [0.2, 0.25) is 0 Å². The van der Waals surface area contributed by atoms with Crippen LogP contribution < -0.4 is 0 Å². The second kappa shape index (κ2) is 3.88. The summed E-state index contributed by atoms with van der Waals surface area (Å²) in [4.78, 5) is 0. The van der Waals surface area contributed by atoms with Gasteiger partial charge < -0.3 is 0 Å². The first-order valence-electron chi connectivity index (χ1n) is 5.01. The second-order valence-corrected chi connectivity index (χ2v) is 4.76. The van der Waals surface area contributed by atoms with Gasteiger partial charge in [-0.25, -0.2) is 0 Å². The fourth-order valence-electron chi connectivity index (χ4n) is 1.37. The highest BCUT2D eigenvalue weighted by molar-refractivity contribution is 5.32. The molecule has 0 heteroatoms. The summed E-state index contributed by atoms with van der Waals surface area (Å²) in [5, 5.41) is 0. The third-order valence-corrected chi connectivity index (χ3v) is 2.53. The Morgan fingerprint density at radius 2 is 1.64 bits per heavy atom. The highest BCUT2D eigenvalue weighted by Gasteiger charge is 2.13. The summed E-state index contributed by atoms with van der Waals surface area (Å²) in [5.41, 5.74) is 2.80. The highest BCUT2D eigenvalue weighted by atomic mass is 14.2. The molecule has 0 fully saturated rings. The van der Waals surface area contributed by atoms with Crippen molar-refractivity contribution < 1.29 is 0 Å². The van der Waals surface area contributed by atoms with Crippen molar-refractivity contribution in [2.75, 3.05) is 0 Å². The van der Waals surface area contributed by atoms with Crippen LogP contribution in [0.15, 0.2) is 24.3 Å². The van der Waals surface area contributed by atoms with E-state index in [1.807, 2.05) is 6.92 Å². The van der Waals surface area contributed by atoms with Crippen LogP contribution in [0, 0.1) is 12.3 Å². The molecule has 0 bridgehead atoms. The van der Waals surface area contributed by atoms with Crippen LogP contribution in [0.2, 0.25) is 0 Å². The predicted molar refractivity (Wildman–Crippen MR) is 62.4 cm³/mol. The first kappa shape index (κ1) is 10.9. The molecule has 1 rings (SSSR count). The van der Waals surface area contributed by atoms with Gasteiger partial charge in [0.05, 0.1) is 0 Å². The van der Waals surface area contributed by atoms with E-state index in [1.54, 1.807) is 0 Å². The van der Waals surface area contributed by atoms with Crippen molar-refractivity contribution in [2.24, 2.45) is 0 Å². The van der Waals surface area contributed by atoms with Crippen LogP contribution in [-0.2, 0) is 5.41 Å². The van der Waals surface area contributed by atoms with Crippen LogP contribution in [-0.4, -0.2) is 0 Å². The Labute approximate surface area is 87.4 Å².